The van der Waals surface area contributed by atoms with Crippen molar-refractivity contribution >= 4 is 57.9 Å². The SMILES string of the molecule is COC(=O)c1ccccc1N1C(=O)C(=Cc2ccc(-c3ccc(C(=O)O)cc3)o2)SC1=S. The fraction of sp³-hybridized carbons (Fsp3) is 0.0435. The minimum Gasteiger partial charge on any atom is -0.478 e. The number of anilines is 1. The zero-order chi connectivity index (χ0) is 22.8. The Hall–Kier alpha value is -3.69. The third kappa shape index (κ3) is 4.08. The van der Waals surface area contributed by atoms with Gasteiger partial charge in [0.15, 0.2) is 4.32 Å². The normalized spacial score (nSPS) is 14.8. The highest BCUT2D eigenvalue weighted by Gasteiger charge is 2.35. The number of thiocarbonyl (C=S) groups is 1. The van der Waals surface area contributed by atoms with Crippen molar-refractivity contribution in [2.75, 3.05) is 12.0 Å². The molecule has 32 heavy (non-hydrogen) atoms. The van der Waals surface area contributed by atoms with E-state index in [-0.39, 0.29) is 21.4 Å². The lowest BCUT2D eigenvalue weighted by atomic mass is 10.1. The molecule has 1 N–H and O–H groups in total. The number of thioether (sulfide) groups is 1. The van der Waals surface area contributed by atoms with E-state index < -0.39 is 11.9 Å². The zero-order valence-electron chi connectivity index (χ0n) is 16.6. The number of aromatic carboxylic acids is 1. The topological polar surface area (TPSA) is 97.0 Å². The summed E-state index contributed by atoms with van der Waals surface area (Å²) in [7, 11) is 1.27. The van der Waals surface area contributed by atoms with Gasteiger partial charge in [0.1, 0.15) is 11.5 Å². The van der Waals surface area contributed by atoms with E-state index in [2.05, 4.69) is 0 Å². The van der Waals surface area contributed by atoms with Crippen molar-refractivity contribution in [1.29, 1.82) is 0 Å². The standard InChI is InChI=1S/C23H15NO6S2/c1-29-22(28)16-4-2-3-5-17(16)24-20(25)19(32-23(24)31)12-15-10-11-18(30-15)13-6-8-14(9-7-13)21(26)27/h2-12H,1H3,(H,26,27). The summed E-state index contributed by atoms with van der Waals surface area (Å²) in [6.07, 6.45) is 1.58. The molecule has 1 fully saturated rings. The van der Waals surface area contributed by atoms with Gasteiger partial charge in [0, 0.05) is 11.6 Å². The van der Waals surface area contributed by atoms with E-state index >= 15 is 0 Å². The van der Waals surface area contributed by atoms with Crippen molar-refractivity contribution in [3.05, 3.63) is 82.5 Å². The van der Waals surface area contributed by atoms with Gasteiger partial charge in [-0.15, -0.1) is 0 Å². The Morgan fingerprint density at radius 2 is 1.81 bits per heavy atom. The van der Waals surface area contributed by atoms with Gasteiger partial charge >= 0.3 is 11.9 Å². The number of hydrogen-bond donors (Lipinski definition) is 1. The number of nitrogens with zero attached hydrogens (tertiary/aromatic N) is 1. The van der Waals surface area contributed by atoms with Gasteiger partial charge in [-0.3, -0.25) is 9.69 Å². The van der Waals surface area contributed by atoms with Crippen LogP contribution in [0, 0.1) is 0 Å². The number of hydrogen-bond acceptors (Lipinski definition) is 7. The van der Waals surface area contributed by atoms with Gasteiger partial charge in [-0.05, 0) is 36.4 Å². The van der Waals surface area contributed by atoms with Gasteiger partial charge in [0.25, 0.3) is 5.91 Å². The lowest BCUT2D eigenvalue weighted by Crippen LogP contribution is -2.29. The number of methoxy groups -OCH3 is 1. The van der Waals surface area contributed by atoms with Crippen LogP contribution in [0.4, 0.5) is 5.69 Å². The fourth-order valence-electron chi connectivity index (χ4n) is 3.12. The molecule has 0 radical (unpaired) electrons. The van der Waals surface area contributed by atoms with Crippen LogP contribution in [0.3, 0.4) is 0 Å². The molecule has 0 atom stereocenters. The molecule has 2 heterocycles. The van der Waals surface area contributed by atoms with Crippen LogP contribution < -0.4 is 4.90 Å². The number of ether oxygens (including phenoxy) is 1. The van der Waals surface area contributed by atoms with Crippen LogP contribution in [-0.4, -0.2) is 34.4 Å². The minimum atomic E-state index is -1.01. The molecule has 1 saturated heterocycles. The molecular weight excluding hydrogens is 450 g/mol. The van der Waals surface area contributed by atoms with Crippen molar-refractivity contribution < 1.29 is 28.6 Å². The van der Waals surface area contributed by atoms with Crippen molar-refractivity contribution in [2.45, 2.75) is 0 Å². The number of rotatable bonds is 5. The molecule has 0 spiro atoms. The van der Waals surface area contributed by atoms with E-state index in [1.165, 1.54) is 24.1 Å². The number of carbonyl (C=O) groups is 3. The molecule has 0 aliphatic carbocycles. The predicted molar refractivity (Wildman–Crippen MR) is 125 cm³/mol. The molecule has 7 nitrogen and oxygen atoms in total. The second-order valence-electron chi connectivity index (χ2n) is 6.61. The summed E-state index contributed by atoms with van der Waals surface area (Å²) >= 11 is 6.49. The van der Waals surface area contributed by atoms with Crippen molar-refractivity contribution in [2.24, 2.45) is 0 Å². The van der Waals surface area contributed by atoms with Crippen molar-refractivity contribution in [3.63, 3.8) is 0 Å². The highest BCUT2D eigenvalue weighted by Crippen LogP contribution is 2.38. The van der Waals surface area contributed by atoms with Crippen LogP contribution >= 0.6 is 24.0 Å². The molecule has 160 valence electrons. The Balaban J connectivity index is 1.61. The number of esters is 1. The van der Waals surface area contributed by atoms with Crippen LogP contribution in [-0.2, 0) is 9.53 Å². The Labute approximate surface area is 192 Å². The first-order chi connectivity index (χ1) is 15.4. The molecule has 1 amide bonds. The van der Waals surface area contributed by atoms with Crippen LogP contribution in [0.25, 0.3) is 17.4 Å². The van der Waals surface area contributed by atoms with E-state index in [1.54, 1.807) is 54.6 Å². The number of furan rings is 1. The number of carboxylic acid groups (broad SMARTS) is 1. The average molecular weight is 466 g/mol. The van der Waals surface area contributed by atoms with E-state index in [4.69, 9.17) is 26.5 Å². The number of para-hydroxylation sites is 1. The summed E-state index contributed by atoms with van der Waals surface area (Å²) in [6, 6.07) is 16.3. The predicted octanol–water partition coefficient (Wildman–Crippen LogP) is 4.84. The Morgan fingerprint density at radius 1 is 1.09 bits per heavy atom. The molecule has 0 saturated carbocycles. The fourth-order valence-corrected chi connectivity index (χ4v) is 4.38. The largest absolute Gasteiger partial charge is 0.478 e. The Bertz CT molecular complexity index is 1280. The van der Waals surface area contributed by atoms with Gasteiger partial charge in [-0.1, -0.05) is 48.2 Å². The smallest absolute Gasteiger partial charge is 0.339 e. The maximum Gasteiger partial charge on any atom is 0.339 e. The highest BCUT2D eigenvalue weighted by molar-refractivity contribution is 8.27. The maximum absolute atomic E-state index is 13.1. The third-order valence-electron chi connectivity index (χ3n) is 4.66. The quantitative estimate of drug-likeness (QED) is 0.325. The molecule has 4 rings (SSSR count). The summed E-state index contributed by atoms with van der Waals surface area (Å²) in [4.78, 5) is 37.8. The third-order valence-corrected chi connectivity index (χ3v) is 5.96. The van der Waals surface area contributed by atoms with Crippen molar-refractivity contribution in [3.8, 4) is 11.3 Å². The second kappa shape index (κ2) is 8.81. The number of carbonyl (C=O) groups excluding carboxylic acids is 2. The monoisotopic (exact) mass is 465 g/mol. The molecule has 0 bridgehead atoms. The molecule has 1 aliphatic heterocycles. The zero-order valence-corrected chi connectivity index (χ0v) is 18.2. The molecule has 1 aliphatic rings. The van der Waals surface area contributed by atoms with Crippen molar-refractivity contribution in [1.82, 2.24) is 0 Å². The molecular formula is C23H15NO6S2. The molecule has 3 aromatic rings. The van der Waals surface area contributed by atoms with Crippen LogP contribution in [0.15, 0.2) is 70.0 Å². The first-order valence-corrected chi connectivity index (χ1v) is 10.5. The second-order valence-corrected chi connectivity index (χ2v) is 8.29. The van der Waals surface area contributed by atoms with E-state index in [9.17, 15) is 14.4 Å². The lowest BCUT2D eigenvalue weighted by Gasteiger charge is -2.17. The summed E-state index contributed by atoms with van der Waals surface area (Å²) in [6.45, 7) is 0. The van der Waals surface area contributed by atoms with E-state index in [1.807, 2.05) is 0 Å². The number of benzene rings is 2. The van der Waals surface area contributed by atoms with Gasteiger partial charge in [-0.25, -0.2) is 9.59 Å². The van der Waals surface area contributed by atoms with Gasteiger partial charge in [0.2, 0.25) is 0 Å². The van der Waals surface area contributed by atoms with Gasteiger partial charge in [-0.2, -0.15) is 0 Å². The molecule has 1 aromatic heterocycles. The summed E-state index contributed by atoms with van der Waals surface area (Å²) in [5, 5.41) is 9.02. The highest BCUT2D eigenvalue weighted by atomic mass is 32.2. The molecule has 2 aromatic carbocycles. The molecule has 9 heteroatoms. The van der Waals surface area contributed by atoms with Gasteiger partial charge < -0.3 is 14.3 Å². The Morgan fingerprint density at radius 3 is 2.50 bits per heavy atom. The maximum atomic E-state index is 13.1. The number of amides is 1. The van der Waals surface area contributed by atoms with E-state index in [0.29, 0.717) is 27.7 Å². The summed E-state index contributed by atoms with van der Waals surface area (Å²) in [5.74, 6) is -0.986. The minimum absolute atomic E-state index is 0.177. The first kappa shape index (κ1) is 21.5. The summed E-state index contributed by atoms with van der Waals surface area (Å²) in [5.41, 5.74) is 1.46. The summed E-state index contributed by atoms with van der Waals surface area (Å²) < 4.78 is 10.9. The average Bonchev–Trinajstić information content (AvgIpc) is 3.37. The number of carboxylic acids is 1. The van der Waals surface area contributed by atoms with Crippen LogP contribution in [0.2, 0.25) is 0 Å². The lowest BCUT2D eigenvalue weighted by molar-refractivity contribution is -0.113. The Kier molecular flexibility index (Phi) is 5.93. The first-order valence-electron chi connectivity index (χ1n) is 9.28. The van der Waals surface area contributed by atoms with Crippen LogP contribution in [0.5, 0.6) is 0 Å². The van der Waals surface area contributed by atoms with E-state index in [0.717, 1.165) is 11.8 Å². The van der Waals surface area contributed by atoms with Crippen LogP contribution in [0.1, 0.15) is 26.5 Å². The van der Waals surface area contributed by atoms with Gasteiger partial charge in [0.05, 0.1) is 28.8 Å². The molecule has 0 unspecified atom stereocenters.